The lowest BCUT2D eigenvalue weighted by atomic mass is 10.0. The summed E-state index contributed by atoms with van der Waals surface area (Å²) in [5.41, 5.74) is 3.32. The fourth-order valence-corrected chi connectivity index (χ4v) is 4.36. The van der Waals surface area contributed by atoms with Gasteiger partial charge in [-0.3, -0.25) is 4.68 Å². The molecule has 1 aromatic carbocycles. The molecule has 0 fully saturated rings. The van der Waals surface area contributed by atoms with Crippen molar-refractivity contribution in [1.82, 2.24) is 15.1 Å². The van der Waals surface area contributed by atoms with Crippen LogP contribution in [0.25, 0.3) is 0 Å². The van der Waals surface area contributed by atoms with E-state index in [4.69, 9.17) is 0 Å². The SMILES string of the molecule is Cc1nn(C)c(N(C)C)c1CN[C@H]1CCSc2ccc(F)cc21. The van der Waals surface area contributed by atoms with Gasteiger partial charge in [-0.1, -0.05) is 0 Å². The van der Waals surface area contributed by atoms with Gasteiger partial charge in [0.1, 0.15) is 11.6 Å². The first-order chi connectivity index (χ1) is 11.0. The first kappa shape index (κ1) is 16.3. The van der Waals surface area contributed by atoms with Crippen molar-refractivity contribution in [3.8, 4) is 0 Å². The summed E-state index contributed by atoms with van der Waals surface area (Å²) >= 11 is 1.81. The van der Waals surface area contributed by atoms with Gasteiger partial charge < -0.3 is 10.2 Å². The number of fused-ring (bicyclic) bond motifs is 1. The summed E-state index contributed by atoms with van der Waals surface area (Å²) in [5.74, 6) is 2.01. The van der Waals surface area contributed by atoms with Crippen molar-refractivity contribution < 1.29 is 4.39 Å². The van der Waals surface area contributed by atoms with Crippen LogP contribution in [0.4, 0.5) is 10.2 Å². The van der Waals surface area contributed by atoms with Crippen molar-refractivity contribution in [2.45, 2.75) is 30.8 Å². The average Bonchev–Trinajstić information content (AvgIpc) is 2.79. The third-order valence-corrected chi connectivity index (χ3v) is 5.40. The average molecular weight is 334 g/mol. The summed E-state index contributed by atoms with van der Waals surface area (Å²) in [6.07, 6.45) is 1.01. The molecule has 0 bridgehead atoms. The highest BCUT2D eigenvalue weighted by Gasteiger charge is 2.22. The van der Waals surface area contributed by atoms with Crippen LogP contribution in [-0.2, 0) is 13.6 Å². The molecule has 0 unspecified atom stereocenters. The van der Waals surface area contributed by atoms with Crippen LogP contribution >= 0.6 is 11.8 Å². The maximum atomic E-state index is 13.6. The molecule has 1 N–H and O–H groups in total. The summed E-state index contributed by atoms with van der Waals surface area (Å²) in [6, 6.07) is 5.30. The molecule has 124 valence electrons. The van der Waals surface area contributed by atoms with Gasteiger partial charge >= 0.3 is 0 Å². The van der Waals surface area contributed by atoms with Crippen LogP contribution in [0.1, 0.15) is 29.3 Å². The van der Waals surface area contributed by atoms with Crippen molar-refractivity contribution >= 4 is 17.6 Å². The monoisotopic (exact) mass is 334 g/mol. The van der Waals surface area contributed by atoms with E-state index < -0.39 is 0 Å². The quantitative estimate of drug-likeness (QED) is 0.930. The zero-order valence-electron chi connectivity index (χ0n) is 14.1. The van der Waals surface area contributed by atoms with E-state index in [1.807, 2.05) is 38.8 Å². The van der Waals surface area contributed by atoms with Crippen LogP contribution in [0, 0.1) is 12.7 Å². The number of hydrogen-bond donors (Lipinski definition) is 1. The van der Waals surface area contributed by atoms with Crippen molar-refractivity contribution in [3.05, 3.63) is 40.8 Å². The van der Waals surface area contributed by atoms with E-state index in [0.717, 1.165) is 35.8 Å². The van der Waals surface area contributed by atoms with Crippen LogP contribution in [0.3, 0.4) is 0 Å². The fraction of sp³-hybridized carbons (Fsp3) is 0.471. The molecule has 3 rings (SSSR count). The predicted octanol–water partition coefficient (Wildman–Crippen LogP) is 3.26. The summed E-state index contributed by atoms with van der Waals surface area (Å²) in [6.45, 7) is 2.77. The molecule has 2 aromatic rings. The Morgan fingerprint density at radius 3 is 2.96 bits per heavy atom. The molecule has 2 heterocycles. The standard InChI is InChI=1S/C17H23FN4S/c1-11-14(17(21(2)3)22(4)20-11)10-19-15-7-8-23-16-6-5-12(18)9-13(15)16/h5-6,9,15,19H,7-8,10H2,1-4H3/t15-/m0/s1. The third kappa shape index (κ3) is 3.23. The highest BCUT2D eigenvalue weighted by atomic mass is 32.2. The first-order valence-corrected chi connectivity index (χ1v) is 8.81. The summed E-state index contributed by atoms with van der Waals surface area (Å²) in [7, 11) is 6.03. The number of aromatic nitrogens is 2. The number of rotatable bonds is 4. The van der Waals surface area contributed by atoms with E-state index >= 15 is 0 Å². The maximum Gasteiger partial charge on any atom is 0.130 e. The smallest absolute Gasteiger partial charge is 0.130 e. The Hall–Kier alpha value is -1.53. The van der Waals surface area contributed by atoms with Gasteiger partial charge in [0.05, 0.1) is 5.69 Å². The Morgan fingerprint density at radius 1 is 1.43 bits per heavy atom. The molecule has 0 radical (unpaired) electrons. The molecule has 0 aliphatic carbocycles. The van der Waals surface area contributed by atoms with Crippen molar-refractivity contribution in [1.29, 1.82) is 0 Å². The lowest BCUT2D eigenvalue weighted by Gasteiger charge is -2.26. The second kappa shape index (κ2) is 6.53. The van der Waals surface area contributed by atoms with E-state index in [-0.39, 0.29) is 11.9 Å². The Bertz CT molecular complexity index is 711. The number of anilines is 1. The molecule has 0 spiro atoms. The molecule has 23 heavy (non-hydrogen) atoms. The van der Waals surface area contributed by atoms with Gasteiger partial charge in [0, 0.05) is 44.2 Å². The molecule has 0 saturated heterocycles. The molecule has 1 aliphatic heterocycles. The molecule has 6 heteroatoms. The Kier molecular flexibility index (Phi) is 4.64. The van der Waals surface area contributed by atoms with Gasteiger partial charge in [-0.05, 0) is 42.9 Å². The van der Waals surface area contributed by atoms with Gasteiger partial charge in [-0.2, -0.15) is 5.10 Å². The first-order valence-electron chi connectivity index (χ1n) is 7.82. The van der Waals surface area contributed by atoms with Gasteiger partial charge in [-0.25, -0.2) is 4.39 Å². The largest absolute Gasteiger partial charge is 0.363 e. The van der Waals surface area contributed by atoms with Gasteiger partial charge in [0.25, 0.3) is 0 Å². The van der Waals surface area contributed by atoms with Crippen LogP contribution < -0.4 is 10.2 Å². The minimum atomic E-state index is -0.162. The molecular weight excluding hydrogens is 311 g/mol. The second-order valence-corrected chi connectivity index (χ2v) is 7.30. The lowest BCUT2D eigenvalue weighted by molar-refractivity contribution is 0.504. The minimum Gasteiger partial charge on any atom is -0.363 e. The number of benzene rings is 1. The zero-order chi connectivity index (χ0) is 16.6. The third-order valence-electron chi connectivity index (χ3n) is 4.27. The topological polar surface area (TPSA) is 33.1 Å². The normalized spacial score (nSPS) is 17.2. The number of nitrogens with zero attached hydrogens (tertiary/aromatic N) is 3. The molecule has 1 atom stereocenters. The predicted molar refractivity (Wildman–Crippen MR) is 93.6 cm³/mol. The van der Waals surface area contributed by atoms with Gasteiger partial charge in [0.2, 0.25) is 0 Å². The molecular formula is C17H23FN4S. The molecule has 1 aromatic heterocycles. The Labute approximate surface area is 141 Å². The zero-order valence-corrected chi connectivity index (χ0v) is 14.9. The second-order valence-electron chi connectivity index (χ2n) is 6.16. The van der Waals surface area contributed by atoms with Gasteiger partial charge in [-0.15, -0.1) is 11.8 Å². The van der Waals surface area contributed by atoms with E-state index in [9.17, 15) is 4.39 Å². The van der Waals surface area contributed by atoms with Crippen LogP contribution in [0.5, 0.6) is 0 Å². The highest BCUT2D eigenvalue weighted by molar-refractivity contribution is 7.99. The molecule has 0 amide bonds. The summed E-state index contributed by atoms with van der Waals surface area (Å²) in [4.78, 5) is 3.27. The van der Waals surface area contributed by atoms with Gasteiger partial charge in [0.15, 0.2) is 0 Å². The van der Waals surface area contributed by atoms with E-state index in [0.29, 0.717) is 0 Å². The van der Waals surface area contributed by atoms with E-state index in [1.54, 1.807) is 23.9 Å². The fourth-order valence-electron chi connectivity index (χ4n) is 3.26. The Morgan fingerprint density at radius 2 is 2.22 bits per heavy atom. The van der Waals surface area contributed by atoms with Crippen molar-refractivity contribution in [3.63, 3.8) is 0 Å². The van der Waals surface area contributed by atoms with Crippen molar-refractivity contribution in [2.75, 3.05) is 24.7 Å². The Balaban J connectivity index is 1.82. The number of aryl methyl sites for hydroxylation is 2. The van der Waals surface area contributed by atoms with Crippen molar-refractivity contribution in [2.24, 2.45) is 7.05 Å². The molecule has 4 nitrogen and oxygen atoms in total. The molecule has 1 aliphatic rings. The van der Waals surface area contributed by atoms with Crippen LogP contribution in [0.15, 0.2) is 23.1 Å². The van der Waals surface area contributed by atoms with E-state index in [1.165, 1.54) is 10.5 Å². The number of hydrogen-bond acceptors (Lipinski definition) is 4. The maximum absolute atomic E-state index is 13.6. The lowest BCUT2D eigenvalue weighted by Crippen LogP contribution is -2.25. The number of thioether (sulfide) groups is 1. The number of nitrogens with one attached hydrogen (secondary N) is 1. The minimum absolute atomic E-state index is 0.162. The number of halogens is 1. The summed E-state index contributed by atoms with van der Waals surface area (Å²) in [5, 5.41) is 8.14. The molecule has 0 saturated carbocycles. The summed E-state index contributed by atoms with van der Waals surface area (Å²) < 4.78 is 15.5. The van der Waals surface area contributed by atoms with E-state index in [2.05, 4.69) is 15.3 Å². The van der Waals surface area contributed by atoms with Crippen LogP contribution in [0.2, 0.25) is 0 Å². The highest BCUT2D eigenvalue weighted by Crippen LogP contribution is 2.37. The van der Waals surface area contributed by atoms with Crippen LogP contribution in [-0.4, -0.2) is 29.6 Å².